The molecule has 0 saturated carbocycles. The molecule has 1 unspecified atom stereocenters. The normalized spacial score (nSPS) is 15.3. The Morgan fingerprint density at radius 1 is 0.977 bits per heavy atom. The average Bonchev–Trinajstić information content (AvgIpc) is 3.01. The highest BCUT2D eigenvalue weighted by Gasteiger charge is 2.21. The van der Waals surface area contributed by atoms with Gasteiger partial charge in [-0.1, -0.05) is 42.5 Å². The van der Waals surface area contributed by atoms with Crippen LogP contribution in [0.15, 0.2) is 85.2 Å². The minimum absolute atomic E-state index is 0.136. The van der Waals surface area contributed by atoms with Crippen LogP contribution in [-0.2, 0) is 15.8 Å². The molecular weight excluding hydrogens is 567 g/mol. The Balaban J connectivity index is 1.33. The minimum Gasteiger partial charge on any atom is -0.437 e. The molecule has 220 valence electrons. The summed E-state index contributed by atoms with van der Waals surface area (Å²) in [4.78, 5) is 13.6. The maximum Gasteiger partial charge on any atom is 0.237 e. The predicted molar refractivity (Wildman–Crippen MR) is 166 cm³/mol. The number of pyridine rings is 1. The molecule has 3 heterocycles. The van der Waals surface area contributed by atoms with Gasteiger partial charge < -0.3 is 15.4 Å². The van der Waals surface area contributed by atoms with Crippen LogP contribution in [0.1, 0.15) is 24.0 Å². The number of halogens is 1. The van der Waals surface area contributed by atoms with Crippen molar-refractivity contribution >= 4 is 32.4 Å². The second-order valence-corrected chi connectivity index (χ2v) is 12.2. The quantitative estimate of drug-likeness (QED) is 0.188. The number of rotatable bonds is 9. The third-order valence-corrected chi connectivity index (χ3v) is 8.51. The van der Waals surface area contributed by atoms with Crippen molar-refractivity contribution in [3.63, 3.8) is 0 Å². The van der Waals surface area contributed by atoms with E-state index in [9.17, 15) is 8.42 Å². The zero-order chi connectivity index (χ0) is 29.8. The van der Waals surface area contributed by atoms with Crippen LogP contribution >= 0.6 is 0 Å². The van der Waals surface area contributed by atoms with Crippen molar-refractivity contribution in [2.24, 2.45) is 0 Å². The molecule has 6 rings (SSSR count). The number of aryl methyl sites for hydroxylation is 1. The van der Waals surface area contributed by atoms with Gasteiger partial charge in [0.2, 0.25) is 21.9 Å². The average molecular weight is 599 g/mol. The number of nitrogens with zero attached hydrogens (tertiary/aromatic N) is 3. The van der Waals surface area contributed by atoms with E-state index in [4.69, 9.17) is 9.72 Å². The summed E-state index contributed by atoms with van der Waals surface area (Å²) in [5.41, 5.74) is 2.50. The second kappa shape index (κ2) is 12.3. The number of nitrogens with one attached hydrogen (secondary N) is 3. The monoisotopic (exact) mass is 598 g/mol. The molecule has 1 aliphatic rings. The summed E-state index contributed by atoms with van der Waals surface area (Å²) in [5, 5.41) is 7.68. The first-order valence-electron chi connectivity index (χ1n) is 14.1. The Hall–Kier alpha value is -4.61. The molecule has 1 saturated heterocycles. The molecule has 1 fully saturated rings. The summed E-state index contributed by atoms with van der Waals surface area (Å²) in [6, 6.07) is 20.7. The molecule has 0 radical (unpaired) electrons. The topological polar surface area (TPSA) is 118 Å². The van der Waals surface area contributed by atoms with E-state index in [1.807, 2.05) is 13.0 Å². The Morgan fingerprint density at radius 3 is 2.63 bits per heavy atom. The van der Waals surface area contributed by atoms with Crippen molar-refractivity contribution < 1.29 is 17.5 Å². The van der Waals surface area contributed by atoms with E-state index in [0.29, 0.717) is 45.2 Å². The third-order valence-electron chi connectivity index (χ3n) is 7.29. The summed E-state index contributed by atoms with van der Waals surface area (Å²) < 4.78 is 50.1. The van der Waals surface area contributed by atoms with Crippen LogP contribution in [0.2, 0.25) is 0 Å². The van der Waals surface area contributed by atoms with E-state index >= 15 is 4.39 Å². The van der Waals surface area contributed by atoms with E-state index in [-0.39, 0.29) is 17.5 Å². The summed E-state index contributed by atoms with van der Waals surface area (Å²) in [6.07, 6.45) is 5.43. The number of benzene rings is 3. The lowest BCUT2D eigenvalue weighted by Gasteiger charge is -2.23. The van der Waals surface area contributed by atoms with Crippen molar-refractivity contribution in [2.75, 3.05) is 23.1 Å². The van der Waals surface area contributed by atoms with Gasteiger partial charge in [-0.05, 0) is 67.8 Å². The number of hydrogen-bond donors (Lipinski definition) is 3. The minimum atomic E-state index is -3.91. The van der Waals surface area contributed by atoms with Gasteiger partial charge in [-0.3, -0.25) is 4.72 Å². The van der Waals surface area contributed by atoms with Gasteiger partial charge in [0, 0.05) is 35.8 Å². The number of ether oxygens (including phenoxy) is 1. The van der Waals surface area contributed by atoms with E-state index in [0.717, 1.165) is 31.5 Å². The summed E-state index contributed by atoms with van der Waals surface area (Å²) in [7, 11) is -3.91. The number of aromatic nitrogens is 3. The number of fused-ring (bicyclic) bond motifs is 1. The van der Waals surface area contributed by atoms with E-state index in [1.165, 1.54) is 6.07 Å². The van der Waals surface area contributed by atoms with Crippen LogP contribution in [0.25, 0.3) is 22.0 Å². The Morgan fingerprint density at radius 2 is 1.81 bits per heavy atom. The van der Waals surface area contributed by atoms with Gasteiger partial charge in [-0.25, -0.2) is 27.8 Å². The Labute approximate surface area is 249 Å². The standard InChI is InChI=1S/C32H31FN6O3S/c1-21-11-12-24-25(13-14-27(33)29(24)39-43(40,41)20-22-7-3-2-4-8-22)30(21)42-31-26(10-6-17-35-31)28-15-18-36-32(38-28)37-23-9-5-16-34-19-23/h2-4,6-8,10-15,17-18,23,34,39H,5,9,16,19-20H2,1H3,(H,36,37,38). The van der Waals surface area contributed by atoms with Gasteiger partial charge >= 0.3 is 0 Å². The zero-order valence-corrected chi connectivity index (χ0v) is 24.4. The maximum absolute atomic E-state index is 15.1. The predicted octanol–water partition coefficient (Wildman–Crippen LogP) is 6.04. The van der Waals surface area contributed by atoms with Gasteiger partial charge in [0.05, 0.1) is 22.7 Å². The van der Waals surface area contributed by atoms with Gasteiger partial charge in [0.1, 0.15) is 11.6 Å². The highest BCUT2D eigenvalue weighted by molar-refractivity contribution is 7.91. The fraction of sp³-hybridized carbons (Fsp3) is 0.219. The smallest absolute Gasteiger partial charge is 0.237 e. The molecule has 11 heteroatoms. The van der Waals surface area contributed by atoms with Crippen LogP contribution in [0.3, 0.4) is 0 Å². The third kappa shape index (κ3) is 6.58. The number of anilines is 2. The lowest BCUT2D eigenvalue weighted by Crippen LogP contribution is -2.38. The fourth-order valence-electron chi connectivity index (χ4n) is 5.18. The molecule has 0 amide bonds. The first-order chi connectivity index (χ1) is 20.9. The highest BCUT2D eigenvalue weighted by Crippen LogP contribution is 2.39. The Kier molecular flexibility index (Phi) is 8.17. The molecule has 43 heavy (non-hydrogen) atoms. The van der Waals surface area contributed by atoms with Crippen LogP contribution in [0.5, 0.6) is 11.6 Å². The van der Waals surface area contributed by atoms with Gasteiger partial charge in [-0.15, -0.1) is 0 Å². The number of piperidine rings is 1. The molecule has 9 nitrogen and oxygen atoms in total. The van der Waals surface area contributed by atoms with Crippen molar-refractivity contribution in [3.05, 3.63) is 102 Å². The fourth-order valence-corrected chi connectivity index (χ4v) is 6.41. The van der Waals surface area contributed by atoms with Gasteiger partial charge in [0.25, 0.3) is 0 Å². The van der Waals surface area contributed by atoms with Crippen LogP contribution in [0, 0.1) is 12.7 Å². The molecule has 5 aromatic rings. The van der Waals surface area contributed by atoms with Crippen molar-refractivity contribution in [1.82, 2.24) is 20.3 Å². The van der Waals surface area contributed by atoms with Gasteiger partial charge in [0.15, 0.2) is 0 Å². The summed E-state index contributed by atoms with van der Waals surface area (Å²) >= 11 is 0. The lowest BCUT2D eigenvalue weighted by atomic mass is 10.0. The largest absolute Gasteiger partial charge is 0.437 e. The molecule has 0 bridgehead atoms. The Bertz CT molecular complexity index is 1860. The first kappa shape index (κ1) is 28.5. The van der Waals surface area contributed by atoms with E-state index in [2.05, 4.69) is 25.3 Å². The molecule has 3 N–H and O–H groups in total. The van der Waals surface area contributed by atoms with Gasteiger partial charge in [-0.2, -0.15) is 0 Å². The van der Waals surface area contributed by atoms with Crippen molar-refractivity contribution in [2.45, 2.75) is 31.6 Å². The van der Waals surface area contributed by atoms with E-state index < -0.39 is 15.8 Å². The summed E-state index contributed by atoms with van der Waals surface area (Å²) in [6.45, 7) is 3.72. The SMILES string of the molecule is Cc1ccc2c(NS(=O)(=O)Cc3ccccc3)c(F)ccc2c1Oc1ncccc1-c1ccnc(NC2CCCNC2)n1. The highest BCUT2D eigenvalue weighted by atomic mass is 32.2. The molecule has 0 aliphatic carbocycles. The zero-order valence-electron chi connectivity index (χ0n) is 23.5. The molecule has 1 aliphatic heterocycles. The molecule has 1 atom stereocenters. The lowest BCUT2D eigenvalue weighted by molar-refractivity contribution is 0.466. The number of sulfonamides is 1. The van der Waals surface area contributed by atoms with Crippen molar-refractivity contribution in [1.29, 1.82) is 0 Å². The van der Waals surface area contributed by atoms with Crippen LogP contribution in [0.4, 0.5) is 16.0 Å². The van der Waals surface area contributed by atoms with Crippen LogP contribution < -0.4 is 20.1 Å². The molecular formula is C32H31FN6O3S. The molecule has 3 aromatic carbocycles. The van der Waals surface area contributed by atoms with Crippen LogP contribution in [-0.4, -0.2) is 42.5 Å². The molecule has 0 spiro atoms. The molecule has 2 aromatic heterocycles. The maximum atomic E-state index is 15.1. The van der Waals surface area contributed by atoms with E-state index in [1.54, 1.807) is 73.1 Å². The first-order valence-corrected chi connectivity index (χ1v) is 15.7. The summed E-state index contributed by atoms with van der Waals surface area (Å²) in [5.74, 6) is 0.277. The number of hydrogen-bond acceptors (Lipinski definition) is 8. The second-order valence-electron chi connectivity index (χ2n) is 10.5. The van der Waals surface area contributed by atoms with Crippen molar-refractivity contribution in [3.8, 4) is 22.9 Å².